The molecule has 0 aliphatic heterocycles. The molecule has 3 N–H and O–H groups in total. The summed E-state index contributed by atoms with van der Waals surface area (Å²) in [7, 11) is 0. The standard InChI is InChI=1S/C31H50N4O11/c1-5-43-27(36)20-34(21-28(37)44-6-2)18-24-15-25(19-35(22-29(38)45-7-3)23-30(39)46-8-4)17-26(16-24)31(40)33-10-12-42-14-13-41-11-9-32/h15-17H,5-14,18-23,32H2,1-4H3,(H,33,40). The van der Waals surface area contributed by atoms with Gasteiger partial charge in [0.1, 0.15) is 0 Å². The van der Waals surface area contributed by atoms with Crippen molar-refractivity contribution >= 4 is 29.8 Å². The van der Waals surface area contributed by atoms with Crippen LogP contribution in [0.5, 0.6) is 0 Å². The first kappa shape index (κ1) is 40.4. The SMILES string of the molecule is CCOC(=O)CN(CC(=O)OCC)Cc1cc(CN(CC(=O)OCC)CC(=O)OCC)cc(C(=O)NCCOCCOCCN)c1. The van der Waals surface area contributed by atoms with Crippen LogP contribution in [0, 0.1) is 0 Å². The lowest BCUT2D eigenvalue weighted by Gasteiger charge is -2.23. The van der Waals surface area contributed by atoms with Gasteiger partial charge in [-0.05, 0) is 51.0 Å². The lowest BCUT2D eigenvalue weighted by Crippen LogP contribution is -2.36. The second kappa shape index (κ2) is 24.6. The number of amides is 1. The second-order valence-electron chi connectivity index (χ2n) is 9.82. The van der Waals surface area contributed by atoms with Gasteiger partial charge in [0.2, 0.25) is 0 Å². The van der Waals surface area contributed by atoms with Gasteiger partial charge in [-0.25, -0.2) is 0 Å². The molecule has 0 aliphatic rings. The number of rotatable bonds is 25. The van der Waals surface area contributed by atoms with Gasteiger partial charge in [0, 0.05) is 31.7 Å². The summed E-state index contributed by atoms with van der Waals surface area (Å²) in [4.78, 5) is 65.6. The van der Waals surface area contributed by atoms with Gasteiger partial charge < -0.3 is 39.5 Å². The quantitative estimate of drug-likeness (QED) is 0.0831. The summed E-state index contributed by atoms with van der Waals surface area (Å²) < 4.78 is 31.1. The van der Waals surface area contributed by atoms with Crippen molar-refractivity contribution in [1.82, 2.24) is 15.1 Å². The summed E-state index contributed by atoms with van der Waals surface area (Å²) >= 11 is 0. The van der Waals surface area contributed by atoms with Crippen LogP contribution < -0.4 is 11.1 Å². The maximum atomic E-state index is 13.2. The maximum Gasteiger partial charge on any atom is 0.320 e. The van der Waals surface area contributed by atoms with E-state index in [1.165, 1.54) is 0 Å². The van der Waals surface area contributed by atoms with Crippen molar-refractivity contribution in [3.8, 4) is 0 Å². The Hall–Kier alpha value is -3.63. The number of carbonyl (C=O) groups excluding carboxylic acids is 5. The Morgan fingerprint density at radius 1 is 0.609 bits per heavy atom. The summed E-state index contributed by atoms with van der Waals surface area (Å²) in [6.07, 6.45) is 0. The minimum absolute atomic E-state index is 0.0907. The average Bonchev–Trinajstić information content (AvgIpc) is 2.98. The van der Waals surface area contributed by atoms with Crippen LogP contribution in [0.3, 0.4) is 0 Å². The van der Waals surface area contributed by atoms with Crippen molar-refractivity contribution < 1.29 is 52.4 Å². The summed E-state index contributed by atoms with van der Waals surface area (Å²) in [6, 6.07) is 5.06. The van der Waals surface area contributed by atoms with Gasteiger partial charge in [-0.2, -0.15) is 0 Å². The topological polar surface area (TPSA) is 185 Å². The number of ether oxygens (including phenoxy) is 6. The third kappa shape index (κ3) is 18.4. The number of nitrogens with two attached hydrogens (primary N) is 1. The highest BCUT2D eigenvalue weighted by Gasteiger charge is 2.21. The number of nitrogens with zero attached hydrogens (tertiary/aromatic N) is 2. The molecule has 1 amide bonds. The van der Waals surface area contributed by atoms with Crippen LogP contribution in [0.4, 0.5) is 0 Å². The van der Waals surface area contributed by atoms with E-state index in [0.29, 0.717) is 43.1 Å². The molecule has 1 aromatic rings. The van der Waals surface area contributed by atoms with Crippen LogP contribution in [0.1, 0.15) is 49.2 Å². The Balaban J connectivity index is 3.28. The van der Waals surface area contributed by atoms with Crippen LogP contribution in [0.25, 0.3) is 0 Å². The molecule has 15 heteroatoms. The van der Waals surface area contributed by atoms with E-state index >= 15 is 0 Å². The molecule has 0 spiro atoms. The van der Waals surface area contributed by atoms with Crippen molar-refractivity contribution in [2.75, 3.05) is 92.1 Å². The number of hydrogen-bond acceptors (Lipinski definition) is 14. The molecule has 0 atom stereocenters. The number of benzene rings is 1. The predicted molar refractivity (Wildman–Crippen MR) is 167 cm³/mol. The minimum Gasteiger partial charge on any atom is -0.465 e. The molecule has 260 valence electrons. The van der Waals surface area contributed by atoms with Crippen molar-refractivity contribution in [1.29, 1.82) is 0 Å². The van der Waals surface area contributed by atoms with Crippen LogP contribution >= 0.6 is 0 Å². The molecule has 15 nitrogen and oxygen atoms in total. The summed E-state index contributed by atoms with van der Waals surface area (Å²) in [6.45, 7) is 8.91. The second-order valence-corrected chi connectivity index (χ2v) is 9.82. The first-order valence-corrected chi connectivity index (χ1v) is 15.5. The number of hydrogen-bond donors (Lipinski definition) is 2. The zero-order chi connectivity index (χ0) is 34.2. The Morgan fingerprint density at radius 2 is 1.00 bits per heavy atom. The highest BCUT2D eigenvalue weighted by atomic mass is 16.5. The van der Waals surface area contributed by atoms with Gasteiger partial charge in [-0.3, -0.25) is 33.8 Å². The summed E-state index contributed by atoms with van der Waals surface area (Å²) in [5.41, 5.74) is 6.86. The normalized spacial score (nSPS) is 10.9. The Labute approximate surface area is 270 Å². The van der Waals surface area contributed by atoms with Crippen molar-refractivity contribution in [2.45, 2.75) is 40.8 Å². The molecular weight excluding hydrogens is 604 g/mol. The van der Waals surface area contributed by atoms with Crippen LogP contribution in [-0.4, -0.2) is 132 Å². The summed E-state index contributed by atoms with van der Waals surface area (Å²) in [5, 5.41) is 2.81. The third-order valence-corrected chi connectivity index (χ3v) is 5.93. The molecule has 0 saturated heterocycles. The van der Waals surface area contributed by atoms with E-state index in [4.69, 9.17) is 34.2 Å². The van der Waals surface area contributed by atoms with Gasteiger partial charge in [0.15, 0.2) is 0 Å². The molecule has 0 bridgehead atoms. The van der Waals surface area contributed by atoms with Crippen molar-refractivity contribution in [2.24, 2.45) is 5.73 Å². The molecule has 1 rings (SSSR count). The molecule has 0 saturated carbocycles. The highest BCUT2D eigenvalue weighted by molar-refractivity contribution is 5.94. The van der Waals surface area contributed by atoms with E-state index in [9.17, 15) is 24.0 Å². The Bertz CT molecular complexity index is 982. The fourth-order valence-electron chi connectivity index (χ4n) is 4.23. The fourth-order valence-corrected chi connectivity index (χ4v) is 4.23. The first-order valence-electron chi connectivity index (χ1n) is 15.5. The smallest absolute Gasteiger partial charge is 0.320 e. The lowest BCUT2D eigenvalue weighted by molar-refractivity contribution is -0.150. The molecule has 0 fully saturated rings. The molecular formula is C31H50N4O11. The van der Waals surface area contributed by atoms with E-state index in [0.717, 1.165) is 0 Å². The average molecular weight is 655 g/mol. The third-order valence-electron chi connectivity index (χ3n) is 5.93. The van der Waals surface area contributed by atoms with Crippen LogP contribution in [-0.2, 0) is 60.7 Å². The number of esters is 4. The van der Waals surface area contributed by atoms with Gasteiger partial charge in [0.05, 0.1) is 79.0 Å². The van der Waals surface area contributed by atoms with E-state index < -0.39 is 29.8 Å². The van der Waals surface area contributed by atoms with E-state index in [2.05, 4.69) is 5.32 Å². The minimum atomic E-state index is -0.524. The molecule has 0 unspecified atom stereocenters. The zero-order valence-corrected chi connectivity index (χ0v) is 27.5. The predicted octanol–water partition coefficient (Wildman–Crippen LogP) is 0.265. The molecule has 46 heavy (non-hydrogen) atoms. The van der Waals surface area contributed by atoms with Gasteiger partial charge in [0.25, 0.3) is 5.91 Å². The summed E-state index contributed by atoms with van der Waals surface area (Å²) in [5.74, 6) is -2.49. The molecule has 0 radical (unpaired) electrons. The molecule has 1 aromatic carbocycles. The largest absolute Gasteiger partial charge is 0.465 e. The van der Waals surface area contributed by atoms with Crippen molar-refractivity contribution in [3.05, 3.63) is 34.9 Å². The zero-order valence-electron chi connectivity index (χ0n) is 27.5. The van der Waals surface area contributed by atoms with Crippen molar-refractivity contribution in [3.63, 3.8) is 0 Å². The van der Waals surface area contributed by atoms with E-state index in [1.807, 2.05) is 0 Å². The highest BCUT2D eigenvalue weighted by Crippen LogP contribution is 2.16. The van der Waals surface area contributed by atoms with E-state index in [1.54, 1.807) is 55.7 Å². The van der Waals surface area contributed by atoms with Crippen LogP contribution in [0.15, 0.2) is 18.2 Å². The molecule has 0 aromatic heterocycles. The maximum absolute atomic E-state index is 13.2. The van der Waals surface area contributed by atoms with Crippen LogP contribution in [0.2, 0.25) is 0 Å². The Kier molecular flexibility index (Phi) is 21.6. The monoisotopic (exact) mass is 654 g/mol. The van der Waals surface area contributed by atoms with Gasteiger partial charge >= 0.3 is 23.9 Å². The lowest BCUT2D eigenvalue weighted by atomic mass is 10.0. The molecule has 0 heterocycles. The number of carbonyl (C=O) groups is 5. The molecule has 0 aliphatic carbocycles. The van der Waals surface area contributed by atoms with E-state index in [-0.39, 0.29) is 78.8 Å². The van der Waals surface area contributed by atoms with Gasteiger partial charge in [-0.15, -0.1) is 0 Å². The fraction of sp³-hybridized carbons (Fsp3) is 0.645. The van der Waals surface area contributed by atoms with Gasteiger partial charge in [-0.1, -0.05) is 6.07 Å². The first-order chi connectivity index (χ1) is 22.1. The number of nitrogens with one attached hydrogen (secondary N) is 1. The Morgan fingerprint density at radius 3 is 1.37 bits per heavy atom.